The second-order valence-corrected chi connectivity index (χ2v) is 3.32. The number of para-hydroxylation sites is 1. The summed E-state index contributed by atoms with van der Waals surface area (Å²) in [6.07, 6.45) is 0. The van der Waals surface area contributed by atoms with Crippen molar-refractivity contribution in [2.24, 2.45) is 0 Å². The molecule has 1 rings (SSSR count). The van der Waals surface area contributed by atoms with E-state index in [1.807, 2.05) is 30.3 Å². The number of nitrogens with zero attached hydrogens (tertiary/aromatic N) is 1. The Morgan fingerprint density at radius 3 is 2.44 bits per heavy atom. The number of benzene rings is 1. The van der Waals surface area contributed by atoms with Gasteiger partial charge in [-0.15, -0.1) is 0 Å². The van der Waals surface area contributed by atoms with Gasteiger partial charge in [0.05, 0.1) is 6.54 Å². The molecule has 3 amide bonds. The van der Waals surface area contributed by atoms with Gasteiger partial charge in [-0.25, -0.2) is 4.79 Å². The fraction of sp³-hybridized carbons (Fsp3) is 0.273. The molecule has 0 aliphatic heterocycles. The number of likely N-dealkylation sites (N-methyl/N-ethyl adjacent to an activating group) is 1. The number of amides is 3. The third-order valence-electron chi connectivity index (χ3n) is 2.06. The van der Waals surface area contributed by atoms with E-state index in [9.17, 15) is 9.59 Å². The summed E-state index contributed by atoms with van der Waals surface area (Å²) >= 11 is 0. The van der Waals surface area contributed by atoms with Crippen molar-refractivity contribution in [2.45, 2.75) is 0 Å². The summed E-state index contributed by atoms with van der Waals surface area (Å²) in [7, 11) is 3.25. The minimum Gasteiger partial charge on any atom is -0.365 e. The third kappa shape index (κ3) is 3.61. The molecular formula is C11H15N3O2. The predicted molar refractivity (Wildman–Crippen MR) is 62.3 cm³/mol. The summed E-state index contributed by atoms with van der Waals surface area (Å²) in [4.78, 5) is 24.0. The molecule has 5 heteroatoms. The summed E-state index contributed by atoms with van der Waals surface area (Å²) in [5.41, 5.74) is 0.926. The zero-order chi connectivity index (χ0) is 12.0. The van der Waals surface area contributed by atoms with Gasteiger partial charge < -0.3 is 10.2 Å². The van der Waals surface area contributed by atoms with Crippen LogP contribution in [0.4, 0.5) is 10.5 Å². The average molecular weight is 221 g/mol. The minimum absolute atomic E-state index is 0.136. The fourth-order valence-electron chi connectivity index (χ4n) is 1.22. The molecule has 0 aromatic heterocycles. The highest BCUT2D eigenvalue weighted by Gasteiger charge is 2.09. The summed E-state index contributed by atoms with van der Waals surface area (Å²) in [5.74, 6) is -0.342. The first-order chi connectivity index (χ1) is 7.63. The number of urea groups is 1. The van der Waals surface area contributed by atoms with Gasteiger partial charge >= 0.3 is 6.03 Å². The molecule has 0 saturated heterocycles. The topological polar surface area (TPSA) is 61.4 Å². The van der Waals surface area contributed by atoms with Crippen molar-refractivity contribution in [2.75, 3.05) is 25.5 Å². The quantitative estimate of drug-likeness (QED) is 0.784. The summed E-state index contributed by atoms with van der Waals surface area (Å²) in [6, 6.07) is 8.99. The maximum Gasteiger partial charge on any atom is 0.321 e. The Kier molecular flexibility index (Phi) is 4.32. The third-order valence-corrected chi connectivity index (χ3v) is 2.06. The van der Waals surface area contributed by atoms with Crippen LogP contribution in [0.15, 0.2) is 30.3 Å². The zero-order valence-electron chi connectivity index (χ0n) is 9.36. The van der Waals surface area contributed by atoms with E-state index in [1.165, 1.54) is 7.05 Å². The number of hydrogen-bond donors (Lipinski definition) is 2. The maximum atomic E-state index is 11.4. The molecule has 1 aromatic rings. The van der Waals surface area contributed by atoms with Gasteiger partial charge in [0, 0.05) is 19.8 Å². The molecule has 2 N–H and O–H groups in total. The van der Waals surface area contributed by atoms with Gasteiger partial charge in [-0.1, -0.05) is 18.2 Å². The van der Waals surface area contributed by atoms with Crippen LogP contribution in [-0.2, 0) is 4.79 Å². The standard InChI is InChI=1S/C11H15N3O2/c1-12-11(16)13-10(15)8-14(2)9-6-4-3-5-7-9/h3-7H,8H2,1-2H3,(H2,12,13,15,16). The molecule has 0 unspecified atom stereocenters. The molecule has 0 fully saturated rings. The lowest BCUT2D eigenvalue weighted by Crippen LogP contribution is -2.42. The van der Waals surface area contributed by atoms with Crippen molar-refractivity contribution in [3.05, 3.63) is 30.3 Å². The Bertz CT molecular complexity index is 365. The Morgan fingerprint density at radius 2 is 1.88 bits per heavy atom. The number of rotatable bonds is 3. The average Bonchev–Trinajstić information content (AvgIpc) is 2.29. The lowest BCUT2D eigenvalue weighted by atomic mass is 10.3. The Labute approximate surface area is 94.4 Å². The van der Waals surface area contributed by atoms with E-state index >= 15 is 0 Å². The molecule has 86 valence electrons. The molecule has 0 aliphatic carbocycles. The highest BCUT2D eigenvalue weighted by atomic mass is 16.2. The molecule has 0 atom stereocenters. The van der Waals surface area contributed by atoms with E-state index in [1.54, 1.807) is 11.9 Å². The van der Waals surface area contributed by atoms with E-state index in [0.717, 1.165) is 5.69 Å². The van der Waals surface area contributed by atoms with E-state index in [-0.39, 0.29) is 12.5 Å². The van der Waals surface area contributed by atoms with Crippen molar-refractivity contribution in [3.8, 4) is 0 Å². The second-order valence-electron chi connectivity index (χ2n) is 3.32. The second kappa shape index (κ2) is 5.75. The van der Waals surface area contributed by atoms with E-state index in [4.69, 9.17) is 0 Å². The van der Waals surface area contributed by atoms with Gasteiger partial charge in [-0.05, 0) is 12.1 Å². The van der Waals surface area contributed by atoms with Crippen LogP contribution in [-0.4, -0.2) is 32.6 Å². The predicted octanol–water partition coefficient (Wildman–Crippen LogP) is 0.578. The van der Waals surface area contributed by atoms with Crippen molar-refractivity contribution in [3.63, 3.8) is 0 Å². The summed E-state index contributed by atoms with van der Waals surface area (Å²) in [5, 5.41) is 4.52. The first-order valence-electron chi connectivity index (χ1n) is 4.91. The smallest absolute Gasteiger partial charge is 0.321 e. The SMILES string of the molecule is CNC(=O)NC(=O)CN(C)c1ccccc1. The Morgan fingerprint density at radius 1 is 1.25 bits per heavy atom. The molecule has 5 nitrogen and oxygen atoms in total. The van der Waals surface area contributed by atoms with Crippen LogP contribution in [0.5, 0.6) is 0 Å². The van der Waals surface area contributed by atoms with Crippen LogP contribution in [0, 0.1) is 0 Å². The van der Waals surface area contributed by atoms with Gasteiger partial charge in [0.15, 0.2) is 0 Å². The fourth-order valence-corrected chi connectivity index (χ4v) is 1.22. The van der Waals surface area contributed by atoms with Crippen molar-refractivity contribution in [1.82, 2.24) is 10.6 Å². The molecule has 0 spiro atoms. The molecule has 0 heterocycles. The van der Waals surface area contributed by atoms with E-state index in [2.05, 4.69) is 10.6 Å². The molecule has 0 aliphatic rings. The minimum atomic E-state index is -0.494. The monoisotopic (exact) mass is 221 g/mol. The summed E-state index contributed by atoms with van der Waals surface area (Å²) < 4.78 is 0. The van der Waals surface area contributed by atoms with Gasteiger partial charge in [0.1, 0.15) is 0 Å². The number of carbonyl (C=O) groups is 2. The number of anilines is 1. The number of carbonyl (C=O) groups excluding carboxylic acids is 2. The van der Waals surface area contributed by atoms with Gasteiger partial charge in [0.25, 0.3) is 0 Å². The molecule has 1 aromatic carbocycles. The van der Waals surface area contributed by atoms with Crippen molar-refractivity contribution >= 4 is 17.6 Å². The Hall–Kier alpha value is -2.04. The van der Waals surface area contributed by atoms with Crippen LogP contribution < -0.4 is 15.5 Å². The van der Waals surface area contributed by atoms with Crippen molar-refractivity contribution < 1.29 is 9.59 Å². The van der Waals surface area contributed by atoms with Crippen LogP contribution in [0.1, 0.15) is 0 Å². The van der Waals surface area contributed by atoms with Crippen LogP contribution >= 0.6 is 0 Å². The first kappa shape index (κ1) is 12.0. The van der Waals surface area contributed by atoms with Crippen LogP contribution in [0.2, 0.25) is 0 Å². The maximum absolute atomic E-state index is 11.4. The highest BCUT2D eigenvalue weighted by Crippen LogP contribution is 2.09. The molecular weight excluding hydrogens is 206 g/mol. The number of imide groups is 1. The molecule has 0 saturated carbocycles. The van der Waals surface area contributed by atoms with Crippen LogP contribution in [0.25, 0.3) is 0 Å². The molecule has 0 bridgehead atoms. The van der Waals surface area contributed by atoms with Crippen LogP contribution in [0.3, 0.4) is 0 Å². The lowest BCUT2D eigenvalue weighted by Gasteiger charge is -2.18. The Balaban J connectivity index is 2.49. The molecule has 16 heavy (non-hydrogen) atoms. The number of nitrogens with one attached hydrogen (secondary N) is 2. The largest absolute Gasteiger partial charge is 0.365 e. The van der Waals surface area contributed by atoms with Crippen molar-refractivity contribution in [1.29, 1.82) is 0 Å². The summed E-state index contributed by atoms with van der Waals surface area (Å²) in [6.45, 7) is 0.136. The lowest BCUT2D eigenvalue weighted by molar-refractivity contribution is -0.118. The van der Waals surface area contributed by atoms with Gasteiger partial charge in [-0.2, -0.15) is 0 Å². The number of hydrogen-bond acceptors (Lipinski definition) is 3. The highest BCUT2D eigenvalue weighted by molar-refractivity contribution is 5.96. The van der Waals surface area contributed by atoms with Gasteiger partial charge in [0.2, 0.25) is 5.91 Å². The van der Waals surface area contributed by atoms with E-state index < -0.39 is 6.03 Å². The zero-order valence-corrected chi connectivity index (χ0v) is 9.36. The molecule has 0 radical (unpaired) electrons. The normalized spacial score (nSPS) is 9.38. The first-order valence-corrected chi connectivity index (χ1v) is 4.91. The van der Waals surface area contributed by atoms with Gasteiger partial charge in [-0.3, -0.25) is 10.1 Å². The van der Waals surface area contributed by atoms with E-state index in [0.29, 0.717) is 0 Å².